The molecule has 1 N–H and O–H groups in total. The number of hydrogen-bond acceptors (Lipinski definition) is 6. The predicted molar refractivity (Wildman–Crippen MR) is 110 cm³/mol. The molecule has 10 heteroatoms. The maximum Gasteiger partial charge on any atom is 0.309 e. The van der Waals surface area contributed by atoms with E-state index in [0.29, 0.717) is 31.1 Å². The van der Waals surface area contributed by atoms with Gasteiger partial charge in [-0.05, 0) is 38.5 Å². The highest BCUT2D eigenvalue weighted by atomic mass is 32.2. The fraction of sp³-hybridized carbons (Fsp3) is 0.750. The first-order chi connectivity index (χ1) is 14.3. The molecule has 0 spiro atoms. The maximum absolute atomic E-state index is 12.7. The van der Waals surface area contributed by atoms with E-state index in [1.807, 2.05) is 0 Å². The number of aromatic nitrogens is 2. The van der Waals surface area contributed by atoms with E-state index >= 15 is 0 Å². The molecule has 1 aromatic heterocycles. The van der Waals surface area contributed by atoms with Gasteiger partial charge >= 0.3 is 5.97 Å². The largest absolute Gasteiger partial charge is 0.455 e. The van der Waals surface area contributed by atoms with Crippen LogP contribution < -0.4 is 5.32 Å². The van der Waals surface area contributed by atoms with Crippen molar-refractivity contribution in [2.24, 2.45) is 18.9 Å². The Hall–Kier alpha value is -1.94. The SMILES string of the molecule is Cc1nc(S(=O)(=O)N2CCC(C(=O)OCC(=O)NCC3CCCCC3)CC2)cn1C. The second-order valence-corrected chi connectivity index (χ2v) is 10.2. The topological polar surface area (TPSA) is 111 Å². The van der Waals surface area contributed by atoms with E-state index in [1.54, 1.807) is 18.5 Å². The molecule has 0 atom stereocenters. The molecule has 9 nitrogen and oxygen atoms in total. The van der Waals surface area contributed by atoms with Gasteiger partial charge in [-0.15, -0.1) is 0 Å². The lowest BCUT2D eigenvalue weighted by molar-refractivity contribution is -0.153. The van der Waals surface area contributed by atoms with Crippen molar-refractivity contribution in [1.29, 1.82) is 0 Å². The number of imidazole rings is 1. The summed E-state index contributed by atoms with van der Waals surface area (Å²) in [6, 6.07) is 0. The van der Waals surface area contributed by atoms with Gasteiger partial charge in [0, 0.05) is 32.9 Å². The molecular weight excluding hydrogens is 408 g/mol. The Balaban J connectivity index is 1.41. The van der Waals surface area contributed by atoms with Crippen molar-refractivity contribution >= 4 is 21.9 Å². The Morgan fingerprint density at radius 3 is 2.43 bits per heavy atom. The number of piperidine rings is 1. The van der Waals surface area contributed by atoms with Crippen LogP contribution in [0.1, 0.15) is 50.8 Å². The van der Waals surface area contributed by atoms with Crippen LogP contribution in [0.5, 0.6) is 0 Å². The van der Waals surface area contributed by atoms with Gasteiger partial charge in [-0.25, -0.2) is 13.4 Å². The van der Waals surface area contributed by atoms with Gasteiger partial charge in [0.25, 0.3) is 15.9 Å². The lowest BCUT2D eigenvalue weighted by atomic mass is 9.89. The molecule has 30 heavy (non-hydrogen) atoms. The molecule has 1 saturated carbocycles. The Morgan fingerprint density at radius 1 is 1.17 bits per heavy atom. The van der Waals surface area contributed by atoms with Gasteiger partial charge in [0.05, 0.1) is 5.92 Å². The number of aryl methyl sites for hydroxylation is 2. The molecule has 1 aliphatic carbocycles. The van der Waals surface area contributed by atoms with Crippen molar-refractivity contribution in [1.82, 2.24) is 19.2 Å². The summed E-state index contributed by atoms with van der Waals surface area (Å²) in [5.41, 5.74) is 0. The first-order valence-electron chi connectivity index (χ1n) is 10.7. The molecule has 2 fully saturated rings. The molecule has 0 unspecified atom stereocenters. The normalized spacial score (nSPS) is 19.5. The number of ether oxygens (including phenoxy) is 1. The monoisotopic (exact) mass is 440 g/mol. The number of sulfonamides is 1. The lowest BCUT2D eigenvalue weighted by Gasteiger charge is -2.29. The zero-order chi connectivity index (χ0) is 21.7. The molecule has 0 aromatic carbocycles. The molecule has 1 saturated heterocycles. The third-order valence-corrected chi connectivity index (χ3v) is 7.91. The average Bonchev–Trinajstić information content (AvgIpc) is 3.10. The Bertz CT molecular complexity index is 833. The molecular formula is C20H32N4O5S. The van der Waals surface area contributed by atoms with Gasteiger partial charge in [-0.2, -0.15) is 4.31 Å². The Kier molecular flexibility index (Phi) is 7.51. The molecule has 168 valence electrons. The first-order valence-corrected chi connectivity index (χ1v) is 12.1. The zero-order valence-corrected chi connectivity index (χ0v) is 18.6. The number of rotatable bonds is 7. The summed E-state index contributed by atoms with van der Waals surface area (Å²) in [5, 5.41) is 2.88. The molecule has 1 amide bonds. The van der Waals surface area contributed by atoms with Crippen LogP contribution in [0.2, 0.25) is 0 Å². The highest BCUT2D eigenvalue weighted by Crippen LogP contribution is 2.25. The van der Waals surface area contributed by atoms with Gasteiger partial charge in [0.1, 0.15) is 5.82 Å². The van der Waals surface area contributed by atoms with E-state index in [4.69, 9.17) is 4.74 Å². The standard InChI is InChI=1S/C20H32N4O5S/c1-15-22-19(13-23(15)2)30(27,28)24-10-8-17(9-11-24)20(26)29-14-18(25)21-12-16-6-4-3-5-7-16/h13,16-17H,3-12,14H2,1-2H3,(H,21,25). The van der Waals surface area contributed by atoms with Crippen LogP contribution in [0.3, 0.4) is 0 Å². The maximum atomic E-state index is 12.7. The minimum absolute atomic E-state index is 0.0261. The summed E-state index contributed by atoms with van der Waals surface area (Å²) in [5.74, 6) is 0.0300. The molecule has 2 heterocycles. The number of nitrogens with zero attached hydrogens (tertiary/aromatic N) is 3. The fourth-order valence-electron chi connectivity index (χ4n) is 4.07. The third kappa shape index (κ3) is 5.60. The van der Waals surface area contributed by atoms with Gasteiger partial charge in [0.15, 0.2) is 11.6 Å². The van der Waals surface area contributed by atoms with E-state index in [1.165, 1.54) is 29.8 Å². The van der Waals surface area contributed by atoms with Crippen LogP contribution in [0.15, 0.2) is 11.2 Å². The smallest absolute Gasteiger partial charge is 0.309 e. The first kappa shape index (κ1) is 22.7. The van der Waals surface area contributed by atoms with Gasteiger partial charge in [-0.3, -0.25) is 9.59 Å². The van der Waals surface area contributed by atoms with Crippen LogP contribution >= 0.6 is 0 Å². The zero-order valence-electron chi connectivity index (χ0n) is 17.8. The van der Waals surface area contributed by atoms with Crippen molar-refractivity contribution in [2.75, 3.05) is 26.2 Å². The summed E-state index contributed by atoms with van der Waals surface area (Å²) in [7, 11) is -1.93. The highest BCUT2D eigenvalue weighted by Gasteiger charge is 2.34. The number of hydrogen-bond donors (Lipinski definition) is 1. The molecule has 1 aliphatic heterocycles. The second kappa shape index (κ2) is 9.91. The minimum atomic E-state index is -3.67. The quantitative estimate of drug-likeness (QED) is 0.641. The van der Waals surface area contributed by atoms with Gasteiger partial charge in [0.2, 0.25) is 0 Å². The molecule has 0 bridgehead atoms. The van der Waals surface area contributed by atoms with E-state index in [-0.39, 0.29) is 30.6 Å². The van der Waals surface area contributed by atoms with E-state index in [0.717, 1.165) is 12.8 Å². The molecule has 1 aromatic rings. The lowest BCUT2D eigenvalue weighted by Crippen LogP contribution is -2.41. The predicted octanol–water partition coefficient (Wildman–Crippen LogP) is 1.37. The number of amides is 1. The van der Waals surface area contributed by atoms with Crippen LogP contribution in [0.4, 0.5) is 0 Å². The number of nitrogens with one attached hydrogen (secondary N) is 1. The van der Waals surface area contributed by atoms with Crippen molar-refractivity contribution in [3.05, 3.63) is 12.0 Å². The highest BCUT2D eigenvalue weighted by molar-refractivity contribution is 7.89. The molecule has 3 rings (SSSR count). The van der Waals surface area contributed by atoms with E-state index in [2.05, 4.69) is 10.3 Å². The third-order valence-electron chi connectivity index (χ3n) is 6.14. The van der Waals surface area contributed by atoms with Crippen LogP contribution in [-0.2, 0) is 31.4 Å². The Morgan fingerprint density at radius 2 is 1.83 bits per heavy atom. The van der Waals surface area contributed by atoms with Crippen molar-refractivity contribution in [3.63, 3.8) is 0 Å². The van der Waals surface area contributed by atoms with Crippen molar-refractivity contribution < 1.29 is 22.7 Å². The van der Waals surface area contributed by atoms with Gasteiger partial charge in [-0.1, -0.05) is 19.3 Å². The number of carbonyl (C=O) groups is 2. The second-order valence-electron chi connectivity index (χ2n) is 8.33. The van der Waals surface area contributed by atoms with Crippen LogP contribution in [-0.4, -0.2) is 60.4 Å². The van der Waals surface area contributed by atoms with Crippen molar-refractivity contribution in [3.8, 4) is 0 Å². The summed E-state index contributed by atoms with van der Waals surface area (Å²) in [4.78, 5) is 28.4. The van der Waals surface area contributed by atoms with E-state index < -0.39 is 21.9 Å². The fourth-order valence-corrected chi connectivity index (χ4v) is 5.56. The van der Waals surface area contributed by atoms with E-state index in [9.17, 15) is 18.0 Å². The molecule has 0 radical (unpaired) electrons. The average molecular weight is 441 g/mol. The number of carbonyl (C=O) groups excluding carboxylic acids is 2. The van der Waals surface area contributed by atoms with Crippen LogP contribution in [0.25, 0.3) is 0 Å². The van der Waals surface area contributed by atoms with Gasteiger partial charge < -0.3 is 14.6 Å². The molecule has 2 aliphatic rings. The van der Waals surface area contributed by atoms with Crippen molar-refractivity contribution in [2.45, 2.75) is 56.9 Å². The summed E-state index contributed by atoms with van der Waals surface area (Å²) >= 11 is 0. The summed E-state index contributed by atoms with van der Waals surface area (Å²) < 4.78 is 33.6. The summed E-state index contributed by atoms with van der Waals surface area (Å²) in [6.07, 6.45) is 8.20. The minimum Gasteiger partial charge on any atom is -0.455 e. The summed E-state index contributed by atoms with van der Waals surface area (Å²) in [6.45, 7) is 2.56. The Labute approximate surface area is 178 Å². The number of esters is 1. The van der Waals surface area contributed by atoms with Crippen LogP contribution in [0, 0.1) is 18.8 Å².